The van der Waals surface area contributed by atoms with E-state index in [1.54, 1.807) is 12.1 Å². The van der Waals surface area contributed by atoms with Crippen LogP contribution in [-0.4, -0.2) is 0 Å². The predicted molar refractivity (Wildman–Crippen MR) is 81.1 cm³/mol. The molecule has 0 saturated heterocycles. The Balaban J connectivity index is 2.05. The number of hydrogen-bond donors (Lipinski definition) is 0. The van der Waals surface area contributed by atoms with Crippen LogP contribution in [0.4, 0.5) is 4.39 Å². The SMILES string of the molecule is Fc1ccc(-c2[c]ccc(-c3ccccc3)c2)cc1Cl. The number of halogens is 2. The molecule has 0 amide bonds. The molecule has 0 fully saturated rings. The first-order valence-corrected chi connectivity index (χ1v) is 6.64. The lowest BCUT2D eigenvalue weighted by Crippen LogP contribution is -1.83. The molecule has 0 spiro atoms. The van der Waals surface area contributed by atoms with Gasteiger partial charge in [-0.2, -0.15) is 0 Å². The third-order valence-electron chi connectivity index (χ3n) is 3.14. The highest BCUT2D eigenvalue weighted by molar-refractivity contribution is 6.31. The highest BCUT2D eigenvalue weighted by Crippen LogP contribution is 2.28. The predicted octanol–water partition coefficient (Wildman–Crippen LogP) is 5.61. The maximum Gasteiger partial charge on any atom is 0.141 e. The van der Waals surface area contributed by atoms with Crippen LogP contribution in [0.15, 0.2) is 66.7 Å². The molecule has 0 saturated carbocycles. The molecule has 0 atom stereocenters. The Morgan fingerprint density at radius 1 is 0.800 bits per heavy atom. The van der Waals surface area contributed by atoms with Crippen molar-refractivity contribution in [3.8, 4) is 22.3 Å². The van der Waals surface area contributed by atoms with Crippen molar-refractivity contribution in [2.75, 3.05) is 0 Å². The molecule has 0 unspecified atom stereocenters. The molecule has 3 rings (SSSR count). The summed E-state index contributed by atoms with van der Waals surface area (Å²) in [5, 5.41) is 0.126. The summed E-state index contributed by atoms with van der Waals surface area (Å²) in [5.41, 5.74) is 3.98. The van der Waals surface area contributed by atoms with E-state index in [-0.39, 0.29) is 5.02 Å². The van der Waals surface area contributed by atoms with E-state index in [9.17, 15) is 4.39 Å². The third-order valence-corrected chi connectivity index (χ3v) is 3.43. The summed E-state index contributed by atoms with van der Waals surface area (Å²) in [4.78, 5) is 0. The number of benzene rings is 3. The average Bonchev–Trinajstić information content (AvgIpc) is 2.51. The second-order valence-corrected chi connectivity index (χ2v) is 4.89. The summed E-state index contributed by atoms with van der Waals surface area (Å²) < 4.78 is 13.2. The zero-order chi connectivity index (χ0) is 13.9. The second-order valence-electron chi connectivity index (χ2n) is 4.49. The molecule has 1 radical (unpaired) electrons. The molecule has 0 aliphatic heterocycles. The first-order chi connectivity index (χ1) is 9.74. The molecule has 0 N–H and O–H groups in total. The minimum Gasteiger partial charge on any atom is -0.205 e. The van der Waals surface area contributed by atoms with Crippen molar-refractivity contribution in [3.63, 3.8) is 0 Å². The Morgan fingerprint density at radius 2 is 1.60 bits per heavy atom. The molecular formula is C18H11ClF. The highest BCUT2D eigenvalue weighted by atomic mass is 35.5. The van der Waals surface area contributed by atoms with Crippen LogP contribution in [0.5, 0.6) is 0 Å². The summed E-state index contributed by atoms with van der Waals surface area (Å²) in [6.07, 6.45) is 0. The Labute approximate surface area is 122 Å². The first-order valence-electron chi connectivity index (χ1n) is 6.26. The fourth-order valence-electron chi connectivity index (χ4n) is 2.11. The normalized spacial score (nSPS) is 10.5. The van der Waals surface area contributed by atoms with Crippen LogP contribution in [0.2, 0.25) is 5.02 Å². The van der Waals surface area contributed by atoms with E-state index in [0.29, 0.717) is 0 Å². The monoisotopic (exact) mass is 281 g/mol. The van der Waals surface area contributed by atoms with Gasteiger partial charge in [0.05, 0.1) is 5.02 Å². The average molecular weight is 282 g/mol. The van der Waals surface area contributed by atoms with Crippen molar-refractivity contribution in [3.05, 3.63) is 83.6 Å². The maximum absolute atomic E-state index is 13.2. The fraction of sp³-hybridized carbons (Fsp3) is 0. The number of rotatable bonds is 2. The van der Waals surface area contributed by atoms with Gasteiger partial charge < -0.3 is 0 Å². The van der Waals surface area contributed by atoms with Gasteiger partial charge in [-0.3, -0.25) is 0 Å². The summed E-state index contributed by atoms with van der Waals surface area (Å²) in [6.45, 7) is 0. The largest absolute Gasteiger partial charge is 0.205 e. The summed E-state index contributed by atoms with van der Waals surface area (Å²) in [6, 6.07) is 23.9. The van der Waals surface area contributed by atoms with Gasteiger partial charge in [0.1, 0.15) is 5.82 Å². The second kappa shape index (κ2) is 5.48. The summed E-state index contributed by atoms with van der Waals surface area (Å²) in [7, 11) is 0. The summed E-state index contributed by atoms with van der Waals surface area (Å²) >= 11 is 5.83. The molecule has 3 aromatic rings. The van der Waals surface area contributed by atoms with E-state index in [1.807, 2.05) is 36.4 Å². The quantitative estimate of drug-likeness (QED) is 0.572. The van der Waals surface area contributed by atoms with Crippen molar-refractivity contribution in [1.82, 2.24) is 0 Å². The van der Waals surface area contributed by atoms with E-state index in [4.69, 9.17) is 11.6 Å². The van der Waals surface area contributed by atoms with Crippen LogP contribution in [0.1, 0.15) is 0 Å². The smallest absolute Gasteiger partial charge is 0.141 e. The highest BCUT2D eigenvalue weighted by Gasteiger charge is 2.05. The Kier molecular flexibility index (Phi) is 3.53. The van der Waals surface area contributed by atoms with Gasteiger partial charge in [0.25, 0.3) is 0 Å². The van der Waals surface area contributed by atoms with Gasteiger partial charge in [-0.25, -0.2) is 4.39 Å². The minimum absolute atomic E-state index is 0.126. The lowest BCUT2D eigenvalue weighted by molar-refractivity contribution is 0.628. The molecule has 0 aromatic heterocycles. The van der Waals surface area contributed by atoms with Crippen LogP contribution < -0.4 is 0 Å². The minimum atomic E-state index is -0.408. The molecule has 0 aliphatic carbocycles. The van der Waals surface area contributed by atoms with Gasteiger partial charge in [-0.15, -0.1) is 0 Å². The van der Waals surface area contributed by atoms with E-state index in [1.165, 1.54) is 6.07 Å². The van der Waals surface area contributed by atoms with Gasteiger partial charge >= 0.3 is 0 Å². The van der Waals surface area contributed by atoms with Crippen molar-refractivity contribution >= 4 is 11.6 Å². The van der Waals surface area contributed by atoms with Gasteiger partial charge in [0.15, 0.2) is 0 Å². The van der Waals surface area contributed by atoms with Gasteiger partial charge in [0, 0.05) is 0 Å². The topological polar surface area (TPSA) is 0 Å². The van der Waals surface area contributed by atoms with Crippen LogP contribution in [0, 0.1) is 11.9 Å². The number of hydrogen-bond acceptors (Lipinski definition) is 0. The molecule has 20 heavy (non-hydrogen) atoms. The lowest BCUT2D eigenvalue weighted by Gasteiger charge is -2.06. The van der Waals surface area contributed by atoms with Crippen molar-refractivity contribution in [2.24, 2.45) is 0 Å². The van der Waals surface area contributed by atoms with Crippen LogP contribution >= 0.6 is 11.6 Å². The Bertz CT molecular complexity index is 735. The zero-order valence-corrected chi connectivity index (χ0v) is 11.4. The zero-order valence-electron chi connectivity index (χ0n) is 10.6. The van der Waals surface area contributed by atoms with Gasteiger partial charge in [0.2, 0.25) is 0 Å². The van der Waals surface area contributed by atoms with Crippen LogP contribution in [0.3, 0.4) is 0 Å². The lowest BCUT2D eigenvalue weighted by atomic mass is 9.99. The van der Waals surface area contributed by atoms with E-state index >= 15 is 0 Å². The molecule has 0 bridgehead atoms. The molecule has 2 heteroatoms. The van der Waals surface area contributed by atoms with Crippen LogP contribution in [0.25, 0.3) is 22.3 Å². The standard InChI is InChI=1S/C18H11ClF/c19-17-12-16(9-10-18(17)20)15-8-4-7-14(11-15)13-5-2-1-3-6-13/h1-7,9-12H. The molecule has 0 heterocycles. The third kappa shape index (κ3) is 2.59. The summed E-state index contributed by atoms with van der Waals surface area (Å²) in [5.74, 6) is -0.408. The van der Waals surface area contributed by atoms with Crippen molar-refractivity contribution < 1.29 is 4.39 Å². The fourth-order valence-corrected chi connectivity index (χ4v) is 2.29. The van der Waals surface area contributed by atoms with Gasteiger partial charge in [-0.05, 0) is 46.5 Å². The van der Waals surface area contributed by atoms with Crippen LogP contribution in [-0.2, 0) is 0 Å². The maximum atomic E-state index is 13.2. The Hall–Kier alpha value is -2.12. The molecule has 97 valence electrons. The molecule has 0 aliphatic rings. The molecule has 3 aromatic carbocycles. The van der Waals surface area contributed by atoms with Crippen molar-refractivity contribution in [2.45, 2.75) is 0 Å². The van der Waals surface area contributed by atoms with E-state index in [0.717, 1.165) is 22.3 Å². The van der Waals surface area contributed by atoms with E-state index in [2.05, 4.69) is 18.2 Å². The molecule has 0 nitrogen and oxygen atoms in total. The van der Waals surface area contributed by atoms with Crippen molar-refractivity contribution in [1.29, 1.82) is 0 Å². The van der Waals surface area contributed by atoms with Gasteiger partial charge in [-0.1, -0.05) is 60.1 Å². The first kappa shape index (κ1) is 12.9. The Morgan fingerprint density at radius 3 is 2.35 bits per heavy atom. The molecular weight excluding hydrogens is 271 g/mol. The van der Waals surface area contributed by atoms with E-state index < -0.39 is 5.82 Å².